The van der Waals surface area contributed by atoms with E-state index in [0.29, 0.717) is 38.0 Å². The van der Waals surface area contributed by atoms with Gasteiger partial charge in [0.25, 0.3) is 0 Å². The summed E-state index contributed by atoms with van der Waals surface area (Å²) in [6, 6.07) is 11.4. The summed E-state index contributed by atoms with van der Waals surface area (Å²) in [5, 5.41) is 1.40. The van der Waals surface area contributed by atoms with E-state index in [-0.39, 0.29) is 5.43 Å². The molecule has 3 nitrogen and oxygen atoms in total. The first-order chi connectivity index (χ1) is 9.54. The Labute approximate surface area is 124 Å². The topological polar surface area (TPSA) is 56.2 Å². The summed E-state index contributed by atoms with van der Waals surface area (Å²) in [6.07, 6.45) is 0. The molecule has 2 aromatic carbocycles. The molecule has 0 aliphatic carbocycles. The van der Waals surface area contributed by atoms with Crippen LogP contribution in [0, 0.1) is 0 Å². The minimum Gasteiger partial charge on any atom is -0.456 e. The molecule has 1 heterocycles. The van der Waals surface area contributed by atoms with E-state index in [1.165, 1.54) is 6.07 Å². The Morgan fingerprint density at radius 3 is 2.55 bits per heavy atom. The molecule has 20 heavy (non-hydrogen) atoms. The molecular formula is C15H9Cl2NO2. The molecule has 100 valence electrons. The third kappa shape index (κ3) is 2.26. The predicted octanol–water partition coefficient (Wildman–Crippen LogP) is 4.35. The Kier molecular flexibility index (Phi) is 3.16. The van der Waals surface area contributed by atoms with E-state index in [1.807, 2.05) is 0 Å². The Morgan fingerprint density at radius 2 is 1.80 bits per heavy atom. The van der Waals surface area contributed by atoms with Gasteiger partial charge in [0.1, 0.15) is 11.3 Å². The van der Waals surface area contributed by atoms with Crippen molar-refractivity contribution in [3.63, 3.8) is 0 Å². The number of fused-ring (bicyclic) bond motifs is 1. The Bertz CT molecular complexity index is 871. The summed E-state index contributed by atoms with van der Waals surface area (Å²) >= 11 is 11.8. The zero-order chi connectivity index (χ0) is 14.3. The number of hydrogen-bond donors (Lipinski definition) is 1. The van der Waals surface area contributed by atoms with Gasteiger partial charge in [-0.15, -0.1) is 0 Å². The number of halogens is 2. The van der Waals surface area contributed by atoms with Crippen LogP contribution in [0.3, 0.4) is 0 Å². The fourth-order valence-electron chi connectivity index (χ4n) is 1.97. The van der Waals surface area contributed by atoms with Crippen molar-refractivity contribution in [2.75, 3.05) is 5.73 Å². The Balaban J connectivity index is 2.24. The van der Waals surface area contributed by atoms with E-state index >= 15 is 0 Å². The summed E-state index contributed by atoms with van der Waals surface area (Å²) in [5.74, 6) is 0.438. The summed E-state index contributed by atoms with van der Waals surface area (Å²) in [7, 11) is 0. The quantitative estimate of drug-likeness (QED) is 0.680. The smallest absolute Gasteiger partial charge is 0.193 e. The van der Waals surface area contributed by atoms with Crippen LogP contribution in [0.25, 0.3) is 22.3 Å². The second-order valence-electron chi connectivity index (χ2n) is 4.35. The van der Waals surface area contributed by atoms with Crippen LogP contribution in [-0.4, -0.2) is 0 Å². The van der Waals surface area contributed by atoms with Crippen LogP contribution in [0.2, 0.25) is 10.0 Å². The van der Waals surface area contributed by atoms with Crippen LogP contribution >= 0.6 is 23.2 Å². The second kappa shape index (κ2) is 4.85. The molecule has 0 amide bonds. The van der Waals surface area contributed by atoms with Gasteiger partial charge in [-0.3, -0.25) is 4.79 Å². The van der Waals surface area contributed by atoms with E-state index in [2.05, 4.69) is 0 Å². The highest BCUT2D eigenvalue weighted by Gasteiger charge is 2.08. The molecule has 1 aromatic heterocycles. The summed E-state index contributed by atoms with van der Waals surface area (Å²) in [6.45, 7) is 0. The first-order valence-electron chi connectivity index (χ1n) is 5.83. The molecule has 3 rings (SSSR count). The van der Waals surface area contributed by atoms with Gasteiger partial charge in [0.2, 0.25) is 0 Å². The highest BCUT2D eigenvalue weighted by atomic mass is 35.5. The molecule has 3 aromatic rings. The van der Waals surface area contributed by atoms with Gasteiger partial charge in [-0.25, -0.2) is 0 Å². The number of anilines is 1. The minimum absolute atomic E-state index is 0.155. The lowest BCUT2D eigenvalue weighted by Gasteiger charge is -2.05. The molecule has 0 bridgehead atoms. The van der Waals surface area contributed by atoms with E-state index in [9.17, 15) is 4.79 Å². The molecule has 0 aliphatic heterocycles. The third-order valence-corrected chi connectivity index (χ3v) is 3.55. The SMILES string of the molecule is Nc1cc(-c2cc(=O)c3cc(Cl)ccc3o2)ccc1Cl. The van der Waals surface area contributed by atoms with Gasteiger partial charge in [-0.2, -0.15) is 0 Å². The molecule has 0 saturated carbocycles. The van der Waals surface area contributed by atoms with Crippen LogP contribution in [0.4, 0.5) is 5.69 Å². The fourth-order valence-corrected chi connectivity index (χ4v) is 2.26. The summed E-state index contributed by atoms with van der Waals surface area (Å²) in [5.41, 5.74) is 7.21. The van der Waals surface area contributed by atoms with Crippen molar-refractivity contribution in [2.45, 2.75) is 0 Å². The van der Waals surface area contributed by atoms with Crippen molar-refractivity contribution in [3.05, 3.63) is 62.7 Å². The largest absolute Gasteiger partial charge is 0.456 e. The number of nitrogens with two attached hydrogens (primary N) is 1. The number of rotatable bonds is 1. The average molecular weight is 306 g/mol. The van der Waals surface area contributed by atoms with E-state index in [0.717, 1.165) is 0 Å². The minimum atomic E-state index is -0.155. The van der Waals surface area contributed by atoms with Gasteiger partial charge in [-0.05, 0) is 36.4 Å². The fraction of sp³-hybridized carbons (Fsp3) is 0. The van der Waals surface area contributed by atoms with Crippen molar-refractivity contribution >= 4 is 39.9 Å². The predicted molar refractivity (Wildman–Crippen MR) is 82.4 cm³/mol. The summed E-state index contributed by atoms with van der Waals surface area (Å²) < 4.78 is 5.72. The number of hydrogen-bond acceptors (Lipinski definition) is 3. The van der Waals surface area contributed by atoms with E-state index < -0.39 is 0 Å². The maximum absolute atomic E-state index is 12.1. The van der Waals surface area contributed by atoms with Gasteiger partial charge in [0.15, 0.2) is 5.43 Å². The first kappa shape index (κ1) is 13.0. The van der Waals surface area contributed by atoms with Crippen molar-refractivity contribution in [3.8, 4) is 11.3 Å². The normalized spacial score (nSPS) is 10.9. The highest BCUT2D eigenvalue weighted by Crippen LogP contribution is 2.28. The lowest BCUT2D eigenvalue weighted by Crippen LogP contribution is -2.00. The van der Waals surface area contributed by atoms with Crippen molar-refractivity contribution in [1.29, 1.82) is 0 Å². The van der Waals surface area contributed by atoms with Crippen molar-refractivity contribution < 1.29 is 4.42 Å². The van der Waals surface area contributed by atoms with Crippen LogP contribution in [-0.2, 0) is 0 Å². The maximum Gasteiger partial charge on any atom is 0.193 e. The number of benzene rings is 2. The van der Waals surface area contributed by atoms with E-state index in [1.54, 1.807) is 36.4 Å². The molecule has 5 heteroatoms. The van der Waals surface area contributed by atoms with Crippen LogP contribution in [0.1, 0.15) is 0 Å². The number of nitrogen functional groups attached to an aromatic ring is 1. The summed E-state index contributed by atoms with van der Waals surface area (Å²) in [4.78, 5) is 12.1. The molecule has 0 atom stereocenters. The molecule has 0 aliphatic rings. The van der Waals surface area contributed by atoms with Gasteiger partial charge < -0.3 is 10.2 Å². The van der Waals surface area contributed by atoms with Gasteiger partial charge in [0.05, 0.1) is 16.1 Å². The van der Waals surface area contributed by atoms with Crippen molar-refractivity contribution in [1.82, 2.24) is 0 Å². The molecular weight excluding hydrogens is 297 g/mol. The van der Waals surface area contributed by atoms with Crippen LogP contribution in [0.5, 0.6) is 0 Å². The second-order valence-corrected chi connectivity index (χ2v) is 5.20. The first-order valence-corrected chi connectivity index (χ1v) is 6.59. The monoisotopic (exact) mass is 305 g/mol. The van der Waals surface area contributed by atoms with Gasteiger partial charge in [0, 0.05) is 16.7 Å². The molecule has 0 fully saturated rings. The molecule has 2 N–H and O–H groups in total. The average Bonchev–Trinajstić information content (AvgIpc) is 2.42. The Hall–Kier alpha value is -1.97. The van der Waals surface area contributed by atoms with Gasteiger partial charge in [-0.1, -0.05) is 23.2 Å². The van der Waals surface area contributed by atoms with Crippen LogP contribution in [0.15, 0.2) is 51.7 Å². The zero-order valence-electron chi connectivity index (χ0n) is 10.2. The molecule has 0 spiro atoms. The zero-order valence-corrected chi connectivity index (χ0v) is 11.7. The molecule has 0 radical (unpaired) electrons. The van der Waals surface area contributed by atoms with E-state index in [4.69, 9.17) is 33.4 Å². The lowest BCUT2D eigenvalue weighted by atomic mass is 10.1. The van der Waals surface area contributed by atoms with Gasteiger partial charge >= 0.3 is 0 Å². The Morgan fingerprint density at radius 1 is 1.00 bits per heavy atom. The van der Waals surface area contributed by atoms with Crippen LogP contribution < -0.4 is 11.2 Å². The lowest BCUT2D eigenvalue weighted by molar-refractivity contribution is 0.619. The standard InChI is InChI=1S/C15H9Cl2NO2/c16-9-2-4-14-10(6-9)13(19)7-15(20-14)8-1-3-11(17)12(18)5-8/h1-7H,18H2. The van der Waals surface area contributed by atoms with Crippen molar-refractivity contribution in [2.24, 2.45) is 0 Å². The maximum atomic E-state index is 12.1. The molecule has 0 unspecified atom stereocenters. The highest BCUT2D eigenvalue weighted by molar-refractivity contribution is 6.33. The molecule has 0 saturated heterocycles. The third-order valence-electron chi connectivity index (χ3n) is 2.97.